The fourth-order valence-corrected chi connectivity index (χ4v) is 2.07. The minimum Gasteiger partial charge on any atom is -0.393 e. The number of benzene rings is 1. The highest BCUT2D eigenvalue weighted by molar-refractivity contribution is 7.85. The summed E-state index contributed by atoms with van der Waals surface area (Å²) in [5.41, 5.74) is 2.02. The van der Waals surface area contributed by atoms with E-state index in [2.05, 4.69) is 4.98 Å². The first-order valence-electron chi connectivity index (χ1n) is 7.08. The lowest BCUT2D eigenvalue weighted by atomic mass is 10.2. The summed E-state index contributed by atoms with van der Waals surface area (Å²) in [6.07, 6.45) is 7.86. The number of nitrogens with zero attached hydrogens (tertiary/aromatic N) is 1. The van der Waals surface area contributed by atoms with E-state index in [0.29, 0.717) is 6.42 Å². The summed E-state index contributed by atoms with van der Waals surface area (Å²) in [7, 11) is -4.02. The smallest absolute Gasteiger partial charge is 0.294 e. The van der Waals surface area contributed by atoms with Gasteiger partial charge in [-0.2, -0.15) is 8.42 Å². The molecular formula is C17H21NO4S. The lowest BCUT2D eigenvalue weighted by Gasteiger charge is -1.96. The van der Waals surface area contributed by atoms with Gasteiger partial charge in [0.05, 0.1) is 11.0 Å². The predicted molar refractivity (Wildman–Crippen MR) is 90.6 cm³/mol. The Morgan fingerprint density at radius 2 is 1.87 bits per heavy atom. The third-order valence-electron chi connectivity index (χ3n) is 2.79. The van der Waals surface area contributed by atoms with Gasteiger partial charge in [0, 0.05) is 12.4 Å². The van der Waals surface area contributed by atoms with Crippen LogP contribution in [0.4, 0.5) is 0 Å². The summed E-state index contributed by atoms with van der Waals surface area (Å²) in [5.74, 6) is 0. The quantitative estimate of drug-likeness (QED) is 0.838. The van der Waals surface area contributed by atoms with Gasteiger partial charge in [0.15, 0.2) is 0 Å². The molecule has 0 saturated carbocycles. The van der Waals surface area contributed by atoms with E-state index < -0.39 is 10.1 Å². The summed E-state index contributed by atoms with van der Waals surface area (Å²) in [5, 5.41) is 8.96. The summed E-state index contributed by atoms with van der Waals surface area (Å²) in [4.78, 5) is 3.90. The van der Waals surface area contributed by atoms with Crippen molar-refractivity contribution in [2.75, 3.05) is 0 Å². The highest BCUT2D eigenvalue weighted by Crippen LogP contribution is 2.08. The van der Waals surface area contributed by atoms with Crippen LogP contribution in [0.2, 0.25) is 0 Å². The molecule has 2 N–H and O–H groups in total. The van der Waals surface area contributed by atoms with Crippen LogP contribution < -0.4 is 0 Å². The van der Waals surface area contributed by atoms with Crippen LogP contribution in [0, 0.1) is 6.92 Å². The Labute approximate surface area is 137 Å². The molecule has 124 valence electrons. The standard InChI is InChI=1S/C10H13NO.C7H8O3S/c1-9(12)4-2-5-10-6-3-7-11-8-10;1-6-2-4-7(5-3-6)11(8,9)10/h2-3,5-9,12H,4H2,1H3;2-5H,1H3,(H,8,9,10)/t9-;/m0./s1. The second-order valence-corrected chi connectivity index (χ2v) is 6.48. The number of hydrogen-bond donors (Lipinski definition) is 2. The van der Waals surface area contributed by atoms with Gasteiger partial charge in [0.25, 0.3) is 10.1 Å². The van der Waals surface area contributed by atoms with Crippen molar-refractivity contribution in [2.24, 2.45) is 0 Å². The van der Waals surface area contributed by atoms with Crippen molar-refractivity contribution < 1.29 is 18.1 Å². The van der Waals surface area contributed by atoms with Crippen LogP contribution in [0.15, 0.2) is 59.8 Å². The predicted octanol–water partition coefficient (Wildman–Crippen LogP) is 3.11. The zero-order valence-corrected chi connectivity index (χ0v) is 13.9. The third-order valence-corrected chi connectivity index (χ3v) is 3.66. The molecule has 23 heavy (non-hydrogen) atoms. The molecule has 5 nitrogen and oxygen atoms in total. The van der Waals surface area contributed by atoms with Crippen LogP contribution >= 0.6 is 0 Å². The molecule has 0 aliphatic carbocycles. The number of aryl methyl sites for hydroxylation is 1. The Hall–Kier alpha value is -2.02. The molecule has 0 spiro atoms. The van der Waals surface area contributed by atoms with Crippen LogP contribution in [-0.4, -0.2) is 29.2 Å². The van der Waals surface area contributed by atoms with E-state index >= 15 is 0 Å². The van der Waals surface area contributed by atoms with Gasteiger partial charge in [-0.05, 0) is 44.0 Å². The highest BCUT2D eigenvalue weighted by Gasteiger charge is 2.06. The van der Waals surface area contributed by atoms with E-state index in [1.165, 1.54) is 12.1 Å². The van der Waals surface area contributed by atoms with Crippen LogP contribution in [-0.2, 0) is 10.1 Å². The van der Waals surface area contributed by atoms with Crippen LogP contribution in [0.5, 0.6) is 0 Å². The van der Waals surface area contributed by atoms with Gasteiger partial charge in [-0.25, -0.2) is 0 Å². The topological polar surface area (TPSA) is 87.5 Å². The molecule has 0 bridgehead atoms. The molecule has 0 unspecified atom stereocenters. The molecule has 1 aromatic heterocycles. The molecule has 2 rings (SSSR count). The van der Waals surface area contributed by atoms with E-state index in [1.807, 2.05) is 31.2 Å². The van der Waals surface area contributed by atoms with E-state index in [9.17, 15) is 8.42 Å². The molecule has 2 aromatic rings. The maximum absolute atomic E-state index is 10.5. The summed E-state index contributed by atoms with van der Waals surface area (Å²) in [6.45, 7) is 3.61. The second kappa shape index (κ2) is 9.19. The maximum Gasteiger partial charge on any atom is 0.294 e. The summed E-state index contributed by atoms with van der Waals surface area (Å²) in [6, 6.07) is 9.86. The maximum atomic E-state index is 10.5. The average molecular weight is 335 g/mol. The Morgan fingerprint density at radius 3 is 2.35 bits per heavy atom. The van der Waals surface area contributed by atoms with Crippen LogP contribution in [0.3, 0.4) is 0 Å². The number of pyridine rings is 1. The van der Waals surface area contributed by atoms with Crippen molar-refractivity contribution in [3.05, 3.63) is 66.0 Å². The van der Waals surface area contributed by atoms with Gasteiger partial charge in [0.1, 0.15) is 0 Å². The number of aliphatic hydroxyl groups excluding tert-OH is 1. The summed E-state index contributed by atoms with van der Waals surface area (Å²) >= 11 is 0. The SMILES string of the molecule is C[C@H](O)CC=Cc1cccnc1.Cc1ccc(S(=O)(=O)O)cc1. The van der Waals surface area contributed by atoms with Gasteiger partial charge < -0.3 is 5.11 Å². The molecule has 0 amide bonds. The number of hydrogen-bond acceptors (Lipinski definition) is 4. The Morgan fingerprint density at radius 1 is 1.22 bits per heavy atom. The fourth-order valence-electron chi connectivity index (χ4n) is 1.59. The van der Waals surface area contributed by atoms with Gasteiger partial charge in [-0.1, -0.05) is 35.9 Å². The lowest BCUT2D eigenvalue weighted by molar-refractivity contribution is 0.199. The lowest BCUT2D eigenvalue weighted by Crippen LogP contribution is -1.96. The van der Waals surface area contributed by atoms with E-state index in [0.717, 1.165) is 11.1 Å². The first kappa shape index (κ1) is 19.0. The van der Waals surface area contributed by atoms with Gasteiger partial charge in [-0.15, -0.1) is 0 Å². The molecule has 1 aromatic carbocycles. The average Bonchev–Trinajstić information content (AvgIpc) is 2.48. The minimum absolute atomic E-state index is 0.0666. The zero-order valence-electron chi connectivity index (χ0n) is 13.1. The molecule has 1 heterocycles. The Kier molecular flexibility index (Phi) is 7.61. The van der Waals surface area contributed by atoms with E-state index in [-0.39, 0.29) is 11.0 Å². The molecule has 0 fully saturated rings. The van der Waals surface area contributed by atoms with Crippen LogP contribution in [0.25, 0.3) is 6.08 Å². The van der Waals surface area contributed by atoms with Crippen molar-refractivity contribution in [1.29, 1.82) is 0 Å². The number of aromatic nitrogens is 1. The van der Waals surface area contributed by atoms with Crippen molar-refractivity contribution >= 4 is 16.2 Å². The molecule has 0 radical (unpaired) electrons. The molecular weight excluding hydrogens is 314 g/mol. The van der Waals surface area contributed by atoms with E-state index in [1.54, 1.807) is 31.5 Å². The molecule has 0 aliphatic heterocycles. The highest BCUT2D eigenvalue weighted by atomic mass is 32.2. The zero-order chi connectivity index (χ0) is 17.3. The third kappa shape index (κ3) is 8.25. The number of aliphatic hydroxyl groups is 1. The summed E-state index contributed by atoms with van der Waals surface area (Å²) < 4.78 is 29.6. The van der Waals surface area contributed by atoms with Crippen LogP contribution in [0.1, 0.15) is 24.5 Å². The first-order chi connectivity index (χ1) is 10.8. The Bertz CT molecular complexity index is 708. The molecule has 1 atom stereocenters. The molecule has 6 heteroatoms. The van der Waals surface area contributed by atoms with Crippen molar-refractivity contribution in [1.82, 2.24) is 4.98 Å². The monoisotopic (exact) mass is 335 g/mol. The van der Waals surface area contributed by atoms with Gasteiger partial charge in [0.2, 0.25) is 0 Å². The molecule has 0 aliphatic rings. The molecule has 0 saturated heterocycles. The Balaban J connectivity index is 0.000000231. The number of rotatable bonds is 4. The van der Waals surface area contributed by atoms with Gasteiger partial charge in [-0.3, -0.25) is 9.54 Å². The minimum atomic E-state index is -4.02. The first-order valence-corrected chi connectivity index (χ1v) is 8.52. The largest absolute Gasteiger partial charge is 0.393 e. The van der Waals surface area contributed by atoms with E-state index in [4.69, 9.17) is 9.66 Å². The van der Waals surface area contributed by atoms with Crippen molar-refractivity contribution in [2.45, 2.75) is 31.3 Å². The van der Waals surface area contributed by atoms with Crippen molar-refractivity contribution in [3.63, 3.8) is 0 Å². The van der Waals surface area contributed by atoms with Crippen molar-refractivity contribution in [3.8, 4) is 0 Å². The normalized spacial score (nSPS) is 12.5. The second-order valence-electron chi connectivity index (χ2n) is 5.06. The van der Waals surface area contributed by atoms with Gasteiger partial charge >= 0.3 is 0 Å². The fraction of sp³-hybridized carbons (Fsp3) is 0.235.